The third-order valence-electron chi connectivity index (χ3n) is 5.09. The van der Waals surface area contributed by atoms with E-state index in [1.807, 2.05) is 12.1 Å². The standard InChI is InChI=1S/C21H33N3O5S/c1-5-14-30(27,28)24-13-7-8-19(24)21(26)29-15-20(25)22-17-9-11-18(12-10-17)23(6-2)16(3)4/h9-12,16,19H,5-8,13-15H2,1-4H3,(H,22,25). The summed E-state index contributed by atoms with van der Waals surface area (Å²) in [7, 11) is -3.48. The summed E-state index contributed by atoms with van der Waals surface area (Å²) in [5, 5.41) is 2.70. The lowest BCUT2D eigenvalue weighted by Gasteiger charge is -2.27. The first-order valence-electron chi connectivity index (χ1n) is 10.5. The van der Waals surface area contributed by atoms with Gasteiger partial charge in [-0.3, -0.25) is 9.59 Å². The molecule has 2 rings (SSSR count). The number of hydrogen-bond donors (Lipinski definition) is 1. The van der Waals surface area contributed by atoms with E-state index in [-0.39, 0.29) is 5.75 Å². The lowest BCUT2D eigenvalue weighted by Crippen LogP contribution is -2.43. The third kappa shape index (κ3) is 6.18. The Morgan fingerprint density at radius 2 is 1.90 bits per heavy atom. The van der Waals surface area contributed by atoms with E-state index in [1.165, 1.54) is 4.31 Å². The second-order valence-corrected chi connectivity index (χ2v) is 9.71. The number of carbonyl (C=O) groups excluding carboxylic acids is 2. The van der Waals surface area contributed by atoms with Crippen molar-refractivity contribution in [3.8, 4) is 0 Å². The Kier molecular flexibility index (Phi) is 8.66. The number of benzene rings is 1. The molecule has 1 saturated heterocycles. The number of esters is 1. The Labute approximate surface area is 179 Å². The molecule has 168 valence electrons. The molecule has 0 saturated carbocycles. The largest absolute Gasteiger partial charge is 0.454 e. The number of carbonyl (C=O) groups is 2. The topological polar surface area (TPSA) is 96.0 Å². The van der Waals surface area contributed by atoms with Crippen LogP contribution in [0.3, 0.4) is 0 Å². The molecule has 1 fully saturated rings. The number of nitrogens with one attached hydrogen (secondary N) is 1. The molecule has 30 heavy (non-hydrogen) atoms. The van der Waals surface area contributed by atoms with Crippen LogP contribution in [0.15, 0.2) is 24.3 Å². The fourth-order valence-corrected chi connectivity index (χ4v) is 5.43. The second kappa shape index (κ2) is 10.8. The second-order valence-electron chi connectivity index (χ2n) is 7.67. The van der Waals surface area contributed by atoms with Crippen LogP contribution < -0.4 is 10.2 Å². The van der Waals surface area contributed by atoms with Crippen LogP contribution in [-0.2, 0) is 24.3 Å². The average molecular weight is 440 g/mol. The highest BCUT2D eigenvalue weighted by molar-refractivity contribution is 7.89. The molecular formula is C21H33N3O5S. The lowest BCUT2D eigenvalue weighted by atomic mass is 10.2. The molecule has 1 atom stereocenters. The predicted octanol–water partition coefficient (Wildman–Crippen LogP) is 2.61. The highest BCUT2D eigenvalue weighted by Crippen LogP contribution is 2.23. The summed E-state index contributed by atoms with van der Waals surface area (Å²) in [6.07, 6.45) is 1.50. The SMILES string of the molecule is CCCS(=O)(=O)N1CCCC1C(=O)OCC(=O)Nc1ccc(N(CC)C(C)C)cc1. The maximum Gasteiger partial charge on any atom is 0.324 e. The van der Waals surface area contributed by atoms with Gasteiger partial charge in [-0.2, -0.15) is 4.31 Å². The van der Waals surface area contributed by atoms with Crippen molar-refractivity contribution in [2.45, 2.75) is 59.0 Å². The molecule has 1 aliphatic heterocycles. The van der Waals surface area contributed by atoms with Crippen LogP contribution in [0.5, 0.6) is 0 Å². The van der Waals surface area contributed by atoms with E-state index in [4.69, 9.17) is 4.74 Å². The Bertz CT molecular complexity index is 824. The lowest BCUT2D eigenvalue weighted by molar-refractivity contribution is -0.150. The molecule has 1 amide bonds. The normalized spacial score (nSPS) is 17.2. The fourth-order valence-electron chi connectivity index (χ4n) is 3.70. The van der Waals surface area contributed by atoms with Crippen LogP contribution in [0.2, 0.25) is 0 Å². The molecule has 1 aromatic rings. The Hall–Kier alpha value is -2.13. The van der Waals surface area contributed by atoms with Crippen LogP contribution in [-0.4, -0.2) is 62.1 Å². The first-order valence-corrected chi connectivity index (χ1v) is 12.1. The molecule has 0 aromatic heterocycles. The molecule has 0 spiro atoms. The van der Waals surface area contributed by atoms with Gasteiger partial charge in [-0.1, -0.05) is 6.92 Å². The summed E-state index contributed by atoms with van der Waals surface area (Å²) in [5.74, 6) is -1.14. The summed E-state index contributed by atoms with van der Waals surface area (Å²) in [5.41, 5.74) is 1.67. The number of amides is 1. The maximum atomic E-state index is 12.4. The molecule has 1 N–H and O–H groups in total. The molecular weight excluding hydrogens is 406 g/mol. The minimum Gasteiger partial charge on any atom is -0.454 e. The average Bonchev–Trinajstić information content (AvgIpc) is 3.19. The Balaban J connectivity index is 1.89. The zero-order valence-corrected chi connectivity index (χ0v) is 19.1. The van der Waals surface area contributed by atoms with Gasteiger partial charge in [0.05, 0.1) is 5.75 Å². The van der Waals surface area contributed by atoms with Gasteiger partial charge in [-0.15, -0.1) is 0 Å². The van der Waals surface area contributed by atoms with Crippen molar-refractivity contribution in [2.75, 3.05) is 35.7 Å². The van der Waals surface area contributed by atoms with E-state index in [0.29, 0.717) is 37.5 Å². The van der Waals surface area contributed by atoms with E-state index < -0.39 is 34.5 Å². The zero-order valence-electron chi connectivity index (χ0n) is 18.3. The summed E-state index contributed by atoms with van der Waals surface area (Å²) >= 11 is 0. The quantitative estimate of drug-likeness (QED) is 0.563. The summed E-state index contributed by atoms with van der Waals surface area (Å²) in [6.45, 7) is 8.84. The number of ether oxygens (including phenoxy) is 1. The number of nitrogens with zero attached hydrogens (tertiary/aromatic N) is 2. The molecule has 1 heterocycles. The van der Waals surface area contributed by atoms with Crippen LogP contribution >= 0.6 is 0 Å². The van der Waals surface area contributed by atoms with Crippen molar-refractivity contribution in [1.82, 2.24) is 4.31 Å². The van der Waals surface area contributed by atoms with Crippen LogP contribution in [0.1, 0.15) is 47.0 Å². The van der Waals surface area contributed by atoms with Crippen LogP contribution in [0, 0.1) is 0 Å². The van der Waals surface area contributed by atoms with E-state index in [0.717, 1.165) is 12.2 Å². The van der Waals surface area contributed by atoms with E-state index in [9.17, 15) is 18.0 Å². The van der Waals surface area contributed by atoms with Crippen molar-refractivity contribution in [3.05, 3.63) is 24.3 Å². The zero-order chi connectivity index (χ0) is 22.3. The van der Waals surface area contributed by atoms with Gasteiger partial charge in [-0.05, 0) is 64.3 Å². The van der Waals surface area contributed by atoms with Gasteiger partial charge in [0.15, 0.2) is 6.61 Å². The number of hydrogen-bond acceptors (Lipinski definition) is 6. The minimum atomic E-state index is -3.48. The summed E-state index contributed by atoms with van der Waals surface area (Å²) in [4.78, 5) is 26.8. The first kappa shape index (κ1) is 24.1. The Morgan fingerprint density at radius 1 is 1.23 bits per heavy atom. The van der Waals surface area contributed by atoms with Gasteiger partial charge in [0, 0.05) is 30.5 Å². The van der Waals surface area contributed by atoms with Crippen molar-refractivity contribution in [1.29, 1.82) is 0 Å². The molecule has 1 aromatic carbocycles. The summed E-state index contributed by atoms with van der Waals surface area (Å²) < 4.78 is 30.9. The molecule has 0 aliphatic carbocycles. The highest BCUT2D eigenvalue weighted by Gasteiger charge is 2.39. The van der Waals surface area contributed by atoms with E-state index in [2.05, 4.69) is 31.0 Å². The van der Waals surface area contributed by atoms with Crippen molar-refractivity contribution in [3.63, 3.8) is 0 Å². The molecule has 1 aliphatic rings. The molecule has 0 bridgehead atoms. The van der Waals surface area contributed by atoms with E-state index in [1.54, 1.807) is 19.1 Å². The van der Waals surface area contributed by atoms with Crippen molar-refractivity contribution in [2.24, 2.45) is 0 Å². The van der Waals surface area contributed by atoms with Crippen molar-refractivity contribution < 1.29 is 22.7 Å². The number of anilines is 2. The number of sulfonamides is 1. The molecule has 0 radical (unpaired) electrons. The van der Waals surface area contributed by atoms with Crippen molar-refractivity contribution >= 4 is 33.3 Å². The van der Waals surface area contributed by atoms with Crippen LogP contribution in [0.4, 0.5) is 11.4 Å². The molecule has 8 nitrogen and oxygen atoms in total. The van der Waals surface area contributed by atoms with Crippen LogP contribution in [0.25, 0.3) is 0 Å². The first-order chi connectivity index (χ1) is 14.2. The summed E-state index contributed by atoms with van der Waals surface area (Å²) in [6, 6.07) is 6.99. The van der Waals surface area contributed by atoms with Gasteiger partial charge < -0.3 is 15.0 Å². The van der Waals surface area contributed by atoms with Gasteiger partial charge in [0.2, 0.25) is 10.0 Å². The monoisotopic (exact) mass is 439 g/mol. The van der Waals surface area contributed by atoms with Gasteiger partial charge in [0.1, 0.15) is 6.04 Å². The minimum absolute atomic E-state index is 0.000466. The maximum absolute atomic E-state index is 12.4. The molecule has 9 heteroatoms. The van der Waals surface area contributed by atoms with E-state index >= 15 is 0 Å². The van der Waals surface area contributed by atoms with Gasteiger partial charge >= 0.3 is 5.97 Å². The fraction of sp³-hybridized carbons (Fsp3) is 0.619. The smallest absolute Gasteiger partial charge is 0.324 e. The Morgan fingerprint density at radius 3 is 2.47 bits per heavy atom. The molecule has 1 unspecified atom stereocenters. The third-order valence-corrected chi connectivity index (χ3v) is 7.16. The highest BCUT2D eigenvalue weighted by atomic mass is 32.2. The predicted molar refractivity (Wildman–Crippen MR) is 118 cm³/mol. The van der Waals surface area contributed by atoms with Gasteiger partial charge in [0.25, 0.3) is 5.91 Å². The van der Waals surface area contributed by atoms with Gasteiger partial charge in [-0.25, -0.2) is 8.42 Å². The number of rotatable bonds is 10.